The molecule has 2 aromatic carbocycles. The number of hydrogen-bond donors (Lipinski definition) is 4. The highest BCUT2D eigenvalue weighted by Crippen LogP contribution is 2.31. The van der Waals surface area contributed by atoms with Crippen LogP contribution in [0.25, 0.3) is 10.9 Å². The third kappa shape index (κ3) is 9.33. The molecule has 0 unspecified atom stereocenters. The van der Waals surface area contributed by atoms with Gasteiger partial charge in [-0.05, 0) is 82.6 Å². The number of nitrogens with zero attached hydrogens (tertiary/aromatic N) is 2. The zero-order valence-electron chi connectivity index (χ0n) is 26.1. The number of nitrogens with one attached hydrogen (secondary N) is 4. The number of amides is 1. The zero-order chi connectivity index (χ0) is 31.7. The van der Waals surface area contributed by atoms with Crippen LogP contribution in [-0.4, -0.2) is 70.5 Å². The van der Waals surface area contributed by atoms with Crippen molar-refractivity contribution in [3.63, 3.8) is 0 Å². The summed E-state index contributed by atoms with van der Waals surface area (Å²) < 4.78 is 44.6. The Balaban J connectivity index is 1.27. The molecule has 13 heteroatoms. The fourth-order valence-electron chi connectivity index (χ4n) is 5.12. The number of para-hydroxylation sites is 1. The van der Waals surface area contributed by atoms with Gasteiger partial charge in [0.1, 0.15) is 27.8 Å². The van der Waals surface area contributed by atoms with Crippen molar-refractivity contribution in [3.8, 4) is 11.5 Å². The van der Waals surface area contributed by atoms with Crippen molar-refractivity contribution in [1.82, 2.24) is 20.0 Å². The monoisotopic (exact) mass is 628 g/mol. The first-order valence-corrected chi connectivity index (χ1v) is 16.4. The summed E-state index contributed by atoms with van der Waals surface area (Å²) in [6.07, 6.45) is 3.31. The Bertz CT molecular complexity index is 1520. The maximum atomic E-state index is 13.0. The van der Waals surface area contributed by atoms with Gasteiger partial charge in [0, 0.05) is 37.6 Å². The number of aromatic nitrogens is 2. The topological polar surface area (TPSA) is 153 Å². The van der Waals surface area contributed by atoms with Crippen molar-refractivity contribution >= 4 is 38.8 Å². The van der Waals surface area contributed by atoms with E-state index in [2.05, 4.69) is 20.7 Å². The summed E-state index contributed by atoms with van der Waals surface area (Å²) >= 11 is 0. The molecular weight excluding hydrogens is 584 g/mol. The fraction of sp³-hybridized carbons (Fsp3) is 0.516. The van der Waals surface area contributed by atoms with Crippen molar-refractivity contribution in [2.24, 2.45) is 11.8 Å². The second-order valence-electron chi connectivity index (χ2n) is 11.9. The molecule has 1 aliphatic carbocycles. The molecule has 1 saturated carbocycles. The van der Waals surface area contributed by atoms with Crippen molar-refractivity contribution in [1.29, 1.82) is 0 Å². The van der Waals surface area contributed by atoms with Crippen LogP contribution in [0.15, 0.2) is 47.4 Å². The van der Waals surface area contributed by atoms with Crippen LogP contribution in [0, 0.1) is 11.8 Å². The predicted octanol–water partition coefficient (Wildman–Crippen LogP) is 4.78. The Labute approximate surface area is 259 Å². The van der Waals surface area contributed by atoms with Crippen LogP contribution in [0.2, 0.25) is 0 Å². The summed E-state index contributed by atoms with van der Waals surface area (Å²) in [7, 11) is -0.811. The van der Waals surface area contributed by atoms with Gasteiger partial charge >= 0.3 is 6.09 Å². The minimum Gasteiger partial charge on any atom is -0.497 e. The summed E-state index contributed by atoms with van der Waals surface area (Å²) in [4.78, 5) is 21.4. The molecule has 0 radical (unpaired) electrons. The number of fused-ring (bicyclic) bond motifs is 1. The number of carbonyl (C=O) groups is 1. The minimum atomic E-state index is -3.75. The highest BCUT2D eigenvalue weighted by atomic mass is 32.2. The lowest BCUT2D eigenvalue weighted by Gasteiger charge is -2.28. The number of sulfonamides is 1. The third-order valence-electron chi connectivity index (χ3n) is 7.43. The van der Waals surface area contributed by atoms with Gasteiger partial charge in [0.15, 0.2) is 0 Å². The molecule has 12 nitrogen and oxygen atoms in total. The summed E-state index contributed by atoms with van der Waals surface area (Å²) in [6, 6.07) is 12.5. The number of methoxy groups -OCH3 is 2. The number of anilines is 2. The van der Waals surface area contributed by atoms with Crippen molar-refractivity contribution < 1.29 is 27.4 Å². The van der Waals surface area contributed by atoms with Crippen LogP contribution < -0.4 is 30.1 Å². The van der Waals surface area contributed by atoms with Crippen molar-refractivity contribution in [2.45, 2.75) is 57.0 Å². The molecule has 1 fully saturated rings. The second-order valence-corrected chi connectivity index (χ2v) is 13.6. The second kappa shape index (κ2) is 14.8. The van der Waals surface area contributed by atoms with E-state index in [4.69, 9.17) is 24.2 Å². The fourth-order valence-corrected chi connectivity index (χ4v) is 6.42. The van der Waals surface area contributed by atoms with Gasteiger partial charge < -0.3 is 30.2 Å². The van der Waals surface area contributed by atoms with E-state index in [1.165, 1.54) is 20.3 Å². The number of ether oxygens (including phenoxy) is 3. The van der Waals surface area contributed by atoms with E-state index in [1.807, 2.05) is 45.0 Å². The normalized spacial score (nSPS) is 17.1. The van der Waals surface area contributed by atoms with Gasteiger partial charge in [0.2, 0.25) is 16.0 Å². The van der Waals surface area contributed by atoms with Crippen LogP contribution >= 0.6 is 0 Å². The molecule has 1 heterocycles. The number of alkyl carbamates (subject to hydrolysis) is 1. The van der Waals surface area contributed by atoms with Gasteiger partial charge in [0.25, 0.3) is 0 Å². The maximum absolute atomic E-state index is 13.0. The van der Waals surface area contributed by atoms with E-state index in [1.54, 1.807) is 12.1 Å². The van der Waals surface area contributed by atoms with Gasteiger partial charge in [-0.3, -0.25) is 0 Å². The Morgan fingerprint density at radius 3 is 2.30 bits per heavy atom. The van der Waals surface area contributed by atoms with E-state index < -0.39 is 21.7 Å². The van der Waals surface area contributed by atoms with Gasteiger partial charge in [-0.15, -0.1) is 0 Å². The van der Waals surface area contributed by atoms with Gasteiger partial charge in [0.05, 0.1) is 19.7 Å². The average Bonchev–Trinajstić information content (AvgIpc) is 3.00. The van der Waals surface area contributed by atoms with Crippen LogP contribution in [0.4, 0.5) is 16.6 Å². The Hall–Kier alpha value is -3.84. The molecule has 3 aromatic rings. The first kappa shape index (κ1) is 33.1. The molecule has 4 N–H and O–H groups in total. The van der Waals surface area contributed by atoms with Crippen LogP contribution in [0.5, 0.6) is 11.5 Å². The predicted molar refractivity (Wildman–Crippen MR) is 171 cm³/mol. The lowest BCUT2D eigenvalue weighted by atomic mass is 9.82. The van der Waals surface area contributed by atoms with Gasteiger partial charge in [-0.2, -0.15) is 4.98 Å². The molecule has 0 atom stereocenters. The molecule has 0 spiro atoms. The standard InChI is InChI=1S/C31H44N6O6S/c1-31(2,3)43-30(38)33-17-16-32-28-24-8-6-7-9-25(24)36-29(37-28)34-19-21-10-12-22(13-11-21)20-35-44(39,40)27-18-23(41-4)14-15-26(27)42-5/h6-9,14-15,18,21-22,35H,10-13,16-17,19-20H2,1-5H3,(H,33,38)(H2,32,34,36,37). The SMILES string of the molecule is COc1ccc(OC)c(S(=O)(=O)NCC2CCC(CNc3nc(NCCNC(=O)OC(C)(C)C)c4ccccc4n3)CC2)c1. The van der Waals surface area contributed by atoms with Crippen LogP contribution in [-0.2, 0) is 14.8 Å². The Morgan fingerprint density at radius 2 is 1.61 bits per heavy atom. The molecule has 44 heavy (non-hydrogen) atoms. The van der Waals surface area contributed by atoms with Gasteiger partial charge in [-0.25, -0.2) is 22.9 Å². The molecule has 0 saturated heterocycles. The summed E-state index contributed by atoms with van der Waals surface area (Å²) in [6.45, 7) is 7.41. The summed E-state index contributed by atoms with van der Waals surface area (Å²) in [5.74, 6) is 2.62. The number of benzene rings is 2. The number of rotatable bonds is 13. The molecule has 1 aliphatic rings. The van der Waals surface area contributed by atoms with Crippen molar-refractivity contribution in [2.75, 3.05) is 51.0 Å². The Kier molecular flexibility index (Phi) is 11.1. The molecule has 240 valence electrons. The van der Waals surface area contributed by atoms with E-state index in [9.17, 15) is 13.2 Å². The van der Waals surface area contributed by atoms with E-state index in [-0.39, 0.29) is 16.6 Å². The third-order valence-corrected chi connectivity index (χ3v) is 8.87. The number of carbonyl (C=O) groups excluding carboxylic acids is 1. The van der Waals surface area contributed by atoms with E-state index in [0.29, 0.717) is 43.1 Å². The van der Waals surface area contributed by atoms with Crippen LogP contribution in [0.1, 0.15) is 46.5 Å². The van der Waals surface area contributed by atoms with E-state index >= 15 is 0 Å². The zero-order valence-corrected chi connectivity index (χ0v) is 26.9. The first-order chi connectivity index (χ1) is 21.0. The first-order valence-electron chi connectivity index (χ1n) is 14.9. The largest absolute Gasteiger partial charge is 0.497 e. The lowest BCUT2D eigenvalue weighted by molar-refractivity contribution is 0.0530. The quantitative estimate of drug-likeness (QED) is 0.195. The smallest absolute Gasteiger partial charge is 0.407 e. The molecular formula is C31H44N6O6S. The highest BCUT2D eigenvalue weighted by Gasteiger charge is 2.25. The average molecular weight is 629 g/mol. The molecule has 1 aromatic heterocycles. The molecule has 4 rings (SSSR count). The van der Waals surface area contributed by atoms with Crippen molar-refractivity contribution in [3.05, 3.63) is 42.5 Å². The molecule has 0 aliphatic heterocycles. The molecule has 0 bridgehead atoms. The number of hydrogen-bond acceptors (Lipinski definition) is 10. The minimum absolute atomic E-state index is 0.0702. The highest BCUT2D eigenvalue weighted by molar-refractivity contribution is 7.89. The summed E-state index contributed by atoms with van der Waals surface area (Å²) in [5, 5.41) is 10.4. The van der Waals surface area contributed by atoms with Gasteiger partial charge in [-0.1, -0.05) is 12.1 Å². The van der Waals surface area contributed by atoms with Crippen LogP contribution in [0.3, 0.4) is 0 Å². The summed E-state index contributed by atoms with van der Waals surface area (Å²) in [5.41, 5.74) is 0.264. The lowest BCUT2D eigenvalue weighted by Crippen LogP contribution is -2.35. The Morgan fingerprint density at radius 1 is 0.909 bits per heavy atom. The maximum Gasteiger partial charge on any atom is 0.407 e. The molecule has 1 amide bonds. The van der Waals surface area contributed by atoms with E-state index in [0.717, 1.165) is 43.1 Å².